The molecular formula is C16H13NO2. The number of cyclic esters (lactones) is 1. The van der Waals surface area contributed by atoms with Gasteiger partial charge in [-0.15, -0.1) is 0 Å². The van der Waals surface area contributed by atoms with Crippen LogP contribution >= 0.6 is 0 Å². The fraction of sp³-hybridized carbons (Fsp3) is 0.125. The second-order valence-corrected chi connectivity index (χ2v) is 4.37. The summed E-state index contributed by atoms with van der Waals surface area (Å²) in [6.45, 7) is 0.305. The molecule has 3 rings (SSSR count). The molecule has 2 aromatic rings. The number of hydrogen-bond donors (Lipinski definition) is 0. The first-order chi connectivity index (χ1) is 9.34. The standard InChI is InChI=1S/C16H13NO2/c18-16-15(13-9-5-2-6-10-13)17-14(11-19-16)12-7-3-1-4-8-12/h1-10,14H,11H2/t14-/m0/s1. The maximum Gasteiger partial charge on any atom is 0.357 e. The van der Waals surface area contributed by atoms with Crippen LogP contribution in [0, 0.1) is 0 Å². The van der Waals surface area contributed by atoms with E-state index in [-0.39, 0.29) is 12.0 Å². The zero-order valence-corrected chi connectivity index (χ0v) is 10.3. The van der Waals surface area contributed by atoms with Gasteiger partial charge in [-0.1, -0.05) is 60.7 Å². The number of esters is 1. The normalized spacial score (nSPS) is 18.6. The van der Waals surface area contributed by atoms with E-state index in [1.54, 1.807) is 0 Å². The van der Waals surface area contributed by atoms with Crippen LogP contribution in [0.2, 0.25) is 0 Å². The summed E-state index contributed by atoms with van der Waals surface area (Å²) >= 11 is 0. The molecule has 3 heteroatoms. The van der Waals surface area contributed by atoms with Crippen LogP contribution in [0.15, 0.2) is 65.7 Å². The lowest BCUT2D eigenvalue weighted by atomic mass is 10.0. The van der Waals surface area contributed by atoms with Crippen LogP contribution in [-0.2, 0) is 9.53 Å². The summed E-state index contributed by atoms with van der Waals surface area (Å²) in [6, 6.07) is 19.2. The zero-order valence-electron chi connectivity index (χ0n) is 10.3. The Hall–Kier alpha value is -2.42. The number of hydrogen-bond acceptors (Lipinski definition) is 3. The average molecular weight is 251 g/mol. The molecular weight excluding hydrogens is 238 g/mol. The van der Waals surface area contributed by atoms with Crippen LogP contribution in [0.25, 0.3) is 0 Å². The maximum atomic E-state index is 11.8. The highest BCUT2D eigenvalue weighted by atomic mass is 16.5. The number of ether oxygens (including phenoxy) is 1. The van der Waals surface area contributed by atoms with E-state index < -0.39 is 0 Å². The number of aliphatic imine (C=N–C) groups is 1. The van der Waals surface area contributed by atoms with Crippen LogP contribution in [-0.4, -0.2) is 18.3 Å². The summed E-state index contributed by atoms with van der Waals surface area (Å²) in [5.74, 6) is -0.349. The van der Waals surface area contributed by atoms with Gasteiger partial charge >= 0.3 is 5.97 Å². The highest BCUT2D eigenvalue weighted by Crippen LogP contribution is 2.22. The van der Waals surface area contributed by atoms with Crippen molar-refractivity contribution in [2.75, 3.05) is 6.61 Å². The molecule has 2 aromatic carbocycles. The highest BCUT2D eigenvalue weighted by molar-refractivity contribution is 6.43. The minimum absolute atomic E-state index is 0.117. The van der Waals surface area contributed by atoms with E-state index in [0.717, 1.165) is 11.1 Å². The molecule has 3 nitrogen and oxygen atoms in total. The molecule has 0 N–H and O–H groups in total. The van der Waals surface area contributed by atoms with Crippen molar-refractivity contribution in [1.82, 2.24) is 0 Å². The van der Waals surface area contributed by atoms with Gasteiger partial charge in [0.05, 0.1) is 0 Å². The molecule has 0 fully saturated rings. The molecule has 19 heavy (non-hydrogen) atoms. The van der Waals surface area contributed by atoms with Crippen molar-refractivity contribution in [3.05, 3.63) is 71.8 Å². The molecule has 1 aliphatic heterocycles. The maximum absolute atomic E-state index is 11.8. The average Bonchev–Trinajstić information content (AvgIpc) is 2.49. The Balaban J connectivity index is 1.98. The number of benzene rings is 2. The van der Waals surface area contributed by atoms with Crippen molar-refractivity contribution in [3.8, 4) is 0 Å². The van der Waals surface area contributed by atoms with E-state index in [2.05, 4.69) is 4.99 Å². The summed E-state index contributed by atoms with van der Waals surface area (Å²) in [5, 5.41) is 0. The Kier molecular flexibility index (Phi) is 3.11. The van der Waals surface area contributed by atoms with Crippen molar-refractivity contribution in [3.63, 3.8) is 0 Å². The third kappa shape index (κ3) is 2.40. The summed E-state index contributed by atoms with van der Waals surface area (Å²) in [4.78, 5) is 16.4. The van der Waals surface area contributed by atoms with E-state index in [4.69, 9.17) is 4.74 Å². The molecule has 1 atom stereocenters. The van der Waals surface area contributed by atoms with Gasteiger partial charge < -0.3 is 4.74 Å². The van der Waals surface area contributed by atoms with Crippen molar-refractivity contribution >= 4 is 11.7 Å². The van der Waals surface area contributed by atoms with Crippen LogP contribution in [0.1, 0.15) is 17.2 Å². The van der Waals surface area contributed by atoms with Crippen LogP contribution in [0.4, 0.5) is 0 Å². The van der Waals surface area contributed by atoms with Crippen LogP contribution < -0.4 is 0 Å². The van der Waals surface area contributed by atoms with E-state index in [1.165, 1.54) is 0 Å². The van der Waals surface area contributed by atoms with Gasteiger partial charge in [-0.2, -0.15) is 0 Å². The summed E-state index contributed by atoms with van der Waals surface area (Å²) in [7, 11) is 0. The predicted molar refractivity (Wildman–Crippen MR) is 73.1 cm³/mol. The summed E-state index contributed by atoms with van der Waals surface area (Å²) in [6.07, 6.45) is 0. The minimum atomic E-state index is -0.349. The van der Waals surface area contributed by atoms with Crippen molar-refractivity contribution in [2.45, 2.75) is 6.04 Å². The molecule has 0 aliphatic carbocycles. The molecule has 1 heterocycles. The Morgan fingerprint density at radius 2 is 1.58 bits per heavy atom. The Labute approximate surface area is 111 Å². The van der Waals surface area contributed by atoms with Crippen LogP contribution in [0.3, 0.4) is 0 Å². The number of carbonyl (C=O) groups excluding carboxylic acids is 1. The Bertz CT molecular complexity index is 605. The van der Waals surface area contributed by atoms with Gasteiger partial charge in [0.15, 0.2) is 5.71 Å². The minimum Gasteiger partial charge on any atom is -0.458 e. The second-order valence-electron chi connectivity index (χ2n) is 4.37. The van der Waals surface area contributed by atoms with E-state index in [0.29, 0.717) is 12.3 Å². The van der Waals surface area contributed by atoms with Gasteiger partial charge in [-0.3, -0.25) is 4.99 Å². The van der Waals surface area contributed by atoms with E-state index in [9.17, 15) is 4.79 Å². The fourth-order valence-corrected chi connectivity index (χ4v) is 2.10. The van der Waals surface area contributed by atoms with Gasteiger partial charge in [0.2, 0.25) is 0 Å². The zero-order chi connectivity index (χ0) is 13.1. The molecule has 0 saturated carbocycles. The number of nitrogens with zero attached hydrogens (tertiary/aromatic N) is 1. The number of rotatable bonds is 2. The largest absolute Gasteiger partial charge is 0.458 e. The van der Waals surface area contributed by atoms with Crippen LogP contribution in [0.5, 0.6) is 0 Å². The van der Waals surface area contributed by atoms with Crippen molar-refractivity contribution in [2.24, 2.45) is 4.99 Å². The molecule has 0 aromatic heterocycles. The molecule has 0 amide bonds. The highest BCUT2D eigenvalue weighted by Gasteiger charge is 2.25. The van der Waals surface area contributed by atoms with E-state index in [1.807, 2.05) is 60.7 Å². The van der Waals surface area contributed by atoms with Gasteiger partial charge in [0.25, 0.3) is 0 Å². The lowest BCUT2D eigenvalue weighted by Crippen LogP contribution is -2.27. The lowest BCUT2D eigenvalue weighted by molar-refractivity contribution is -0.137. The molecule has 1 aliphatic rings. The molecule has 0 spiro atoms. The van der Waals surface area contributed by atoms with Gasteiger partial charge in [-0.25, -0.2) is 4.79 Å². The predicted octanol–water partition coefficient (Wildman–Crippen LogP) is 2.77. The molecule has 0 radical (unpaired) electrons. The van der Waals surface area contributed by atoms with Gasteiger partial charge in [-0.05, 0) is 5.56 Å². The van der Waals surface area contributed by atoms with Gasteiger partial charge in [0, 0.05) is 5.56 Å². The van der Waals surface area contributed by atoms with Gasteiger partial charge in [0.1, 0.15) is 12.6 Å². The fourth-order valence-electron chi connectivity index (χ4n) is 2.10. The second kappa shape index (κ2) is 5.06. The quantitative estimate of drug-likeness (QED) is 0.770. The van der Waals surface area contributed by atoms with E-state index >= 15 is 0 Å². The van der Waals surface area contributed by atoms with Crippen molar-refractivity contribution < 1.29 is 9.53 Å². The molecule has 0 unspecified atom stereocenters. The SMILES string of the molecule is O=C1OC[C@@H](c2ccccc2)N=C1c1ccccc1. The first-order valence-electron chi connectivity index (χ1n) is 6.20. The topological polar surface area (TPSA) is 38.7 Å². The monoisotopic (exact) mass is 251 g/mol. The Morgan fingerprint density at radius 3 is 2.26 bits per heavy atom. The Morgan fingerprint density at radius 1 is 0.947 bits per heavy atom. The van der Waals surface area contributed by atoms with Crippen molar-refractivity contribution in [1.29, 1.82) is 0 Å². The first kappa shape index (κ1) is 11.7. The molecule has 0 bridgehead atoms. The third-order valence-corrected chi connectivity index (χ3v) is 3.08. The lowest BCUT2D eigenvalue weighted by Gasteiger charge is -2.20. The molecule has 0 saturated heterocycles. The third-order valence-electron chi connectivity index (χ3n) is 3.08. The summed E-state index contributed by atoms with van der Waals surface area (Å²) < 4.78 is 5.24. The first-order valence-corrected chi connectivity index (χ1v) is 6.20. The summed E-state index contributed by atoms with van der Waals surface area (Å²) in [5.41, 5.74) is 2.26. The number of carbonyl (C=O) groups is 1. The smallest absolute Gasteiger partial charge is 0.357 e. The molecule has 94 valence electrons.